The standard InChI is InChI=1S/C45H26N4O2/c1-2-12-27(13-3-1)43-46-44(48-45(47-43)49-35-19-7-4-14-29(35)30-15-5-8-20-36(30)49)28-24-25-38-34(26-28)42-32(18-11-23-40(42)51-38)31-17-10-22-39-41(31)33-16-6-9-21-37(33)50-39/h1-26H. The van der Waals surface area contributed by atoms with E-state index < -0.39 is 0 Å². The number of hydrogen-bond donors (Lipinski definition) is 0. The molecule has 0 amide bonds. The average Bonchev–Trinajstić information content (AvgIpc) is 3.87. The SMILES string of the molecule is c1ccc(-c2nc(-c3ccc4oc5cccc(-c6cccc7oc8ccccc8c67)c5c4c3)nc(-n3c4ccccc4c4ccccc43)n2)cc1. The van der Waals surface area contributed by atoms with Gasteiger partial charge in [0.05, 0.1) is 11.0 Å². The lowest BCUT2D eigenvalue weighted by Crippen LogP contribution is -2.06. The van der Waals surface area contributed by atoms with Gasteiger partial charge in [-0.1, -0.05) is 109 Å². The van der Waals surface area contributed by atoms with Crippen molar-refractivity contribution >= 4 is 65.7 Å². The summed E-state index contributed by atoms with van der Waals surface area (Å²) in [4.78, 5) is 15.4. The van der Waals surface area contributed by atoms with Crippen LogP contribution in [0.2, 0.25) is 0 Å². The van der Waals surface area contributed by atoms with Gasteiger partial charge < -0.3 is 8.83 Å². The van der Waals surface area contributed by atoms with Crippen LogP contribution in [0.15, 0.2) is 167 Å². The maximum Gasteiger partial charge on any atom is 0.238 e. The third-order valence-corrected chi connectivity index (χ3v) is 9.88. The van der Waals surface area contributed by atoms with Gasteiger partial charge in [-0.05, 0) is 59.7 Å². The summed E-state index contributed by atoms with van der Waals surface area (Å²) < 4.78 is 14.9. The van der Waals surface area contributed by atoms with Crippen molar-refractivity contribution in [2.45, 2.75) is 0 Å². The molecule has 0 radical (unpaired) electrons. The number of para-hydroxylation sites is 3. The van der Waals surface area contributed by atoms with Crippen molar-refractivity contribution in [3.8, 4) is 39.9 Å². The molecule has 11 rings (SSSR count). The summed E-state index contributed by atoms with van der Waals surface area (Å²) in [5, 5.41) is 6.50. The molecule has 0 saturated carbocycles. The van der Waals surface area contributed by atoms with E-state index in [-0.39, 0.29) is 0 Å². The summed E-state index contributed by atoms with van der Waals surface area (Å²) in [6, 6.07) is 53.8. The quantitative estimate of drug-likeness (QED) is 0.189. The smallest absolute Gasteiger partial charge is 0.238 e. The largest absolute Gasteiger partial charge is 0.456 e. The Morgan fingerprint density at radius 2 is 0.902 bits per heavy atom. The van der Waals surface area contributed by atoms with Crippen molar-refractivity contribution < 1.29 is 8.83 Å². The molecule has 0 aliphatic rings. The summed E-state index contributed by atoms with van der Waals surface area (Å²) >= 11 is 0. The van der Waals surface area contributed by atoms with Crippen molar-refractivity contribution in [2.24, 2.45) is 0 Å². The van der Waals surface area contributed by atoms with E-state index in [4.69, 9.17) is 23.8 Å². The third-order valence-electron chi connectivity index (χ3n) is 9.88. The van der Waals surface area contributed by atoms with E-state index in [1.165, 1.54) is 0 Å². The summed E-state index contributed by atoms with van der Waals surface area (Å²) in [5.74, 6) is 1.75. The number of furan rings is 2. The molecule has 0 N–H and O–H groups in total. The highest BCUT2D eigenvalue weighted by atomic mass is 16.3. The number of hydrogen-bond acceptors (Lipinski definition) is 5. The Labute approximate surface area is 290 Å². The Kier molecular flexibility index (Phi) is 5.86. The van der Waals surface area contributed by atoms with Gasteiger partial charge in [-0.2, -0.15) is 9.97 Å². The lowest BCUT2D eigenvalue weighted by Gasteiger charge is -2.11. The second-order valence-electron chi connectivity index (χ2n) is 12.8. The Morgan fingerprint density at radius 1 is 0.373 bits per heavy atom. The second kappa shape index (κ2) is 10.7. The van der Waals surface area contributed by atoms with E-state index >= 15 is 0 Å². The van der Waals surface area contributed by atoms with Crippen LogP contribution in [0.1, 0.15) is 0 Å². The van der Waals surface area contributed by atoms with E-state index in [2.05, 4.69) is 95.6 Å². The number of aromatic nitrogens is 4. The molecule has 6 heteroatoms. The van der Waals surface area contributed by atoms with Crippen molar-refractivity contribution in [2.75, 3.05) is 0 Å². The fourth-order valence-electron chi connectivity index (χ4n) is 7.64. The van der Waals surface area contributed by atoms with Gasteiger partial charge in [0.2, 0.25) is 5.95 Å². The molecule has 6 nitrogen and oxygen atoms in total. The van der Waals surface area contributed by atoms with Crippen molar-refractivity contribution in [1.82, 2.24) is 19.5 Å². The summed E-state index contributed by atoms with van der Waals surface area (Å²) in [7, 11) is 0. The maximum absolute atomic E-state index is 6.48. The van der Waals surface area contributed by atoms with E-state index in [0.29, 0.717) is 17.6 Å². The van der Waals surface area contributed by atoms with Crippen LogP contribution >= 0.6 is 0 Å². The van der Waals surface area contributed by atoms with Crippen molar-refractivity contribution in [3.63, 3.8) is 0 Å². The summed E-state index contributed by atoms with van der Waals surface area (Å²) in [6.07, 6.45) is 0. The molecule has 4 aromatic heterocycles. The summed E-state index contributed by atoms with van der Waals surface area (Å²) in [5.41, 5.74) is 9.37. The van der Waals surface area contributed by atoms with Crippen LogP contribution in [-0.2, 0) is 0 Å². The zero-order valence-corrected chi connectivity index (χ0v) is 27.1. The highest BCUT2D eigenvalue weighted by molar-refractivity contribution is 6.19. The first kappa shape index (κ1) is 27.9. The highest BCUT2D eigenvalue weighted by Crippen LogP contribution is 2.43. The molecule has 11 aromatic rings. The Hall–Kier alpha value is -7.05. The van der Waals surface area contributed by atoms with Gasteiger partial charge in [-0.15, -0.1) is 0 Å². The first-order valence-electron chi connectivity index (χ1n) is 16.9. The molecule has 0 aliphatic carbocycles. The van der Waals surface area contributed by atoms with Gasteiger partial charge in [0.15, 0.2) is 11.6 Å². The highest BCUT2D eigenvalue weighted by Gasteiger charge is 2.20. The molecule has 0 fully saturated rings. The van der Waals surface area contributed by atoms with Crippen molar-refractivity contribution in [1.29, 1.82) is 0 Å². The number of fused-ring (bicyclic) bond motifs is 9. The fraction of sp³-hybridized carbons (Fsp3) is 0. The topological polar surface area (TPSA) is 69.9 Å². The van der Waals surface area contributed by atoms with E-state index in [9.17, 15) is 0 Å². The molecule has 0 aliphatic heterocycles. The number of benzene rings is 7. The van der Waals surface area contributed by atoms with Gasteiger partial charge in [0.25, 0.3) is 0 Å². The van der Waals surface area contributed by atoms with Crippen LogP contribution in [0.3, 0.4) is 0 Å². The Bertz CT molecular complexity index is 3100. The average molecular weight is 655 g/mol. The van der Waals surface area contributed by atoms with E-state index in [1.807, 2.05) is 66.7 Å². The zero-order valence-electron chi connectivity index (χ0n) is 27.1. The first-order chi connectivity index (χ1) is 25.3. The minimum atomic E-state index is 0.563. The Balaban J connectivity index is 1.17. The van der Waals surface area contributed by atoms with Crippen LogP contribution in [-0.4, -0.2) is 19.5 Å². The summed E-state index contributed by atoms with van der Waals surface area (Å²) in [6.45, 7) is 0. The third kappa shape index (κ3) is 4.20. The predicted molar refractivity (Wildman–Crippen MR) is 205 cm³/mol. The normalized spacial score (nSPS) is 11.9. The molecule has 238 valence electrons. The van der Waals surface area contributed by atoms with Gasteiger partial charge in [-0.3, -0.25) is 4.57 Å². The fourth-order valence-corrected chi connectivity index (χ4v) is 7.64. The molecule has 0 atom stereocenters. The predicted octanol–water partition coefficient (Wildman–Crippen LogP) is 11.8. The minimum absolute atomic E-state index is 0.563. The molecule has 0 spiro atoms. The second-order valence-corrected chi connectivity index (χ2v) is 12.8. The molecular weight excluding hydrogens is 629 g/mol. The Morgan fingerprint density at radius 3 is 1.59 bits per heavy atom. The van der Waals surface area contributed by atoms with E-state index in [0.717, 1.165) is 87.9 Å². The zero-order chi connectivity index (χ0) is 33.5. The molecule has 0 saturated heterocycles. The van der Waals surface area contributed by atoms with Crippen LogP contribution in [0.5, 0.6) is 0 Å². The number of nitrogens with zero attached hydrogens (tertiary/aromatic N) is 4. The first-order valence-corrected chi connectivity index (χ1v) is 16.9. The minimum Gasteiger partial charge on any atom is -0.456 e. The van der Waals surface area contributed by atoms with Gasteiger partial charge in [0.1, 0.15) is 22.3 Å². The van der Waals surface area contributed by atoms with Crippen LogP contribution in [0.4, 0.5) is 0 Å². The molecule has 51 heavy (non-hydrogen) atoms. The number of rotatable bonds is 4. The van der Waals surface area contributed by atoms with Gasteiger partial charge in [0, 0.05) is 43.4 Å². The molecule has 7 aromatic carbocycles. The monoisotopic (exact) mass is 654 g/mol. The van der Waals surface area contributed by atoms with Crippen LogP contribution in [0.25, 0.3) is 106 Å². The molecular formula is C45H26N4O2. The molecule has 0 unspecified atom stereocenters. The maximum atomic E-state index is 6.48. The van der Waals surface area contributed by atoms with Gasteiger partial charge in [-0.25, -0.2) is 4.98 Å². The van der Waals surface area contributed by atoms with Crippen LogP contribution in [0, 0.1) is 0 Å². The molecule has 4 heterocycles. The van der Waals surface area contributed by atoms with Gasteiger partial charge >= 0.3 is 0 Å². The van der Waals surface area contributed by atoms with Crippen molar-refractivity contribution in [3.05, 3.63) is 158 Å². The van der Waals surface area contributed by atoms with E-state index in [1.54, 1.807) is 0 Å². The lowest BCUT2D eigenvalue weighted by molar-refractivity contribution is 0.668. The lowest BCUT2D eigenvalue weighted by atomic mass is 9.95. The molecule has 0 bridgehead atoms. The van der Waals surface area contributed by atoms with Crippen LogP contribution < -0.4 is 0 Å².